The summed E-state index contributed by atoms with van der Waals surface area (Å²) in [6.07, 6.45) is 0. The van der Waals surface area contributed by atoms with E-state index >= 15 is 0 Å². The number of hydrogen-bond acceptors (Lipinski definition) is 5. The summed E-state index contributed by atoms with van der Waals surface area (Å²) >= 11 is 7.41. The second kappa shape index (κ2) is 9.72. The number of hydrogen-bond donors (Lipinski definition) is 0. The van der Waals surface area contributed by atoms with Gasteiger partial charge in [0.2, 0.25) is 0 Å². The SMILES string of the molecule is CCN(Cc1ccc(Cl)s1)C(=O)c1ccc(S(=O)(=O)N(C)c2ccccc2OC)cc1. The molecular formula is C22H23ClN2O4S2. The maximum atomic E-state index is 13.1. The van der Waals surface area contributed by atoms with Crippen molar-refractivity contribution in [3.05, 3.63) is 75.4 Å². The zero-order chi connectivity index (χ0) is 22.6. The fraction of sp³-hybridized carbons (Fsp3) is 0.227. The number of rotatable bonds is 8. The van der Waals surface area contributed by atoms with Crippen LogP contribution in [0.5, 0.6) is 5.75 Å². The van der Waals surface area contributed by atoms with E-state index in [4.69, 9.17) is 16.3 Å². The first kappa shape index (κ1) is 23.1. The monoisotopic (exact) mass is 478 g/mol. The normalized spacial score (nSPS) is 11.2. The minimum Gasteiger partial charge on any atom is -0.495 e. The number of ether oxygens (including phenoxy) is 1. The van der Waals surface area contributed by atoms with Crippen LogP contribution < -0.4 is 9.04 Å². The maximum Gasteiger partial charge on any atom is 0.264 e. The van der Waals surface area contributed by atoms with Crippen molar-refractivity contribution >= 4 is 44.6 Å². The highest BCUT2D eigenvalue weighted by Crippen LogP contribution is 2.31. The molecule has 164 valence electrons. The number of amides is 1. The number of benzene rings is 2. The summed E-state index contributed by atoms with van der Waals surface area (Å²) in [6, 6.07) is 16.6. The molecule has 0 N–H and O–H groups in total. The van der Waals surface area contributed by atoms with E-state index in [0.717, 1.165) is 4.88 Å². The van der Waals surface area contributed by atoms with Gasteiger partial charge >= 0.3 is 0 Å². The summed E-state index contributed by atoms with van der Waals surface area (Å²) in [6.45, 7) is 2.86. The molecule has 31 heavy (non-hydrogen) atoms. The lowest BCUT2D eigenvalue weighted by atomic mass is 10.2. The van der Waals surface area contributed by atoms with Crippen LogP contribution >= 0.6 is 22.9 Å². The fourth-order valence-corrected chi connectivity index (χ4v) is 5.39. The second-order valence-electron chi connectivity index (χ2n) is 6.69. The third-order valence-corrected chi connectivity index (χ3v) is 7.83. The quantitative estimate of drug-likeness (QED) is 0.462. The lowest BCUT2D eigenvalue weighted by Crippen LogP contribution is -2.30. The van der Waals surface area contributed by atoms with Gasteiger partial charge in [0.1, 0.15) is 5.75 Å². The average Bonchev–Trinajstić information content (AvgIpc) is 3.21. The molecule has 6 nitrogen and oxygen atoms in total. The van der Waals surface area contributed by atoms with Crippen molar-refractivity contribution in [3.63, 3.8) is 0 Å². The molecule has 0 saturated heterocycles. The van der Waals surface area contributed by atoms with Gasteiger partial charge in [-0.25, -0.2) is 8.42 Å². The standard InChI is InChI=1S/C22H23ClN2O4S2/c1-4-25(15-17-11-14-21(23)30-17)22(26)16-9-12-18(13-10-16)31(27,28)24(2)19-7-5-6-8-20(19)29-3/h5-14H,4,15H2,1-3H3. The van der Waals surface area contributed by atoms with Gasteiger partial charge in [0.15, 0.2) is 0 Å². The van der Waals surface area contributed by atoms with Gasteiger partial charge in [-0.1, -0.05) is 23.7 Å². The van der Waals surface area contributed by atoms with Crippen molar-refractivity contribution in [3.8, 4) is 5.75 Å². The third-order valence-electron chi connectivity index (χ3n) is 4.83. The molecule has 1 aromatic heterocycles. The van der Waals surface area contributed by atoms with Gasteiger partial charge in [-0.15, -0.1) is 11.3 Å². The topological polar surface area (TPSA) is 66.9 Å². The number of anilines is 1. The van der Waals surface area contributed by atoms with Crippen molar-refractivity contribution in [1.82, 2.24) is 4.90 Å². The predicted octanol–water partition coefficient (Wildman–Crippen LogP) is 4.90. The van der Waals surface area contributed by atoms with Crippen LogP contribution in [0.2, 0.25) is 4.34 Å². The number of methoxy groups -OCH3 is 1. The number of sulfonamides is 1. The van der Waals surface area contributed by atoms with Crippen LogP contribution in [0.1, 0.15) is 22.2 Å². The molecule has 9 heteroatoms. The Labute approximate surface area is 191 Å². The summed E-state index contributed by atoms with van der Waals surface area (Å²) in [5.74, 6) is 0.279. The number of halogens is 1. The Morgan fingerprint density at radius 1 is 1.06 bits per heavy atom. The first-order chi connectivity index (χ1) is 14.8. The largest absolute Gasteiger partial charge is 0.495 e. The minimum absolute atomic E-state index is 0.0885. The average molecular weight is 479 g/mol. The summed E-state index contributed by atoms with van der Waals surface area (Å²) in [5.41, 5.74) is 0.848. The van der Waals surface area contributed by atoms with Gasteiger partial charge in [0.25, 0.3) is 15.9 Å². The van der Waals surface area contributed by atoms with E-state index in [1.165, 1.54) is 54.1 Å². The van der Waals surface area contributed by atoms with Crippen LogP contribution in [0, 0.1) is 0 Å². The van der Waals surface area contributed by atoms with Gasteiger partial charge in [-0.3, -0.25) is 9.10 Å². The Morgan fingerprint density at radius 2 is 1.74 bits per heavy atom. The Balaban J connectivity index is 1.81. The van der Waals surface area contributed by atoms with E-state index in [2.05, 4.69) is 0 Å². The Kier molecular flexibility index (Phi) is 7.25. The molecule has 0 aliphatic heterocycles. The number of thiophene rings is 1. The molecular weight excluding hydrogens is 456 g/mol. The van der Waals surface area contributed by atoms with Crippen LogP contribution in [0.4, 0.5) is 5.69 Å². The predicted molar refractivity (Wildman–Crippen MR) is 125 cm³/mol. The molecule has 0 radical (unpaired) electrons. The van der Waals surface area contributed by atoms with Crippen molar-refractivity contribution in [1.29, 1.82) is 0 Å². The van der Waals surface area contributed by atoms with Gasteiger partial charge < -0.3 is 9.64 Å². The summed E-state index contributed by atoms with van der Waals surface area (Å²) in [7, 11) is -0.864. The molecule has 1 amide bonds. The highest BCUT2D eigenvalue weighted by Gasteiger charge is 2.24. The van der Waals surface area contributed by atoms with Crippen LogP contribution in [0.15, 0.2) is 65.6 Å². The molecule has 2 aromatic carbocycles. The first-order valence-corrected chi connectivity index (χ1v) is 12.2. The van der Waals surface area contributed by atoms with Crippen LogP contribution in [-0.2, 0) is 16.6 Å². The Hall–Kier alpha value is -2.55. The molecule has 1 heterocycles. The van der Waals surface area contributed by atoms with Crippen molar-refractivity contribution in [2.24, 2.45) is 0 Å². The molecule has 0 bridgehead atoms. The zero-order valence-corrected chi connectivity index (χ0v) is 19.8. The Bertz CT molecular complexity index is 1160. The van der Waals surface area contributed by atoms with Gasteiger partial charge in [-0.05, 0) is 55.5 Å². The molecule has 0 aliphatic rings. The van der Waals surface area contributed by atoms with Gasteiger partial charge in [0, 0.05) is 24.0 Å². The number of para-hydroxylation sites is 2. The van der Waals surface area contributed by atoms with E-state index in [-0.39, 0.29) is 10.8 Å². The minimum atomic E-state index is -3.82. The van der Waals surface area contributed by atoms with E-state index in [1.807, 2.05) is 13.0 Å². The van der Waals surface area contributed by atoms with E-state index in [1.54, 1.807) is 35.2 Å². The zero-order valence-electron chi connectivity index (χ0n) is 17.4. The van der Waals surface area contributed by atoms with E-state index < -0.39 is 10.0 Å². The Morgan fingerprint density at radius 3 is 2.32 bits per heavy atom. The summed E-state index contributed by atoms with van der Waals surface area (Å²) in [4.78, 5) is 15.7. The number of carbonyl (C=O) groups is 1. The molecule has 0 fully saturated rings. The summed E-state index contributed by atoms with van der Waals surface area (Å²) < 4.78 is 33.3. The third kappa shape index (κ3) is 5.03. The highest BCUT2D eigenvalue weighted by atomic mass is 35.5. The van der Waals surface area contributed by atoms with Gasteiger partial charge in [-0.2, -0.15) is 0 Å². The molecule has 3 rings (SSSR count). The van der Waals surface area contributed by atoms with E-state index in [9.17, 15) is 13.2 Å². The van der Waals surface area contributed by atoms with Crippen molar-refractivity contribution in [2.45, 2.75) is 18.4 Å². The van der Waals surface area contributed by atoms with Crippen LogP contribution in [-0.4, -0.2) is 39.9 Å². The molecule has 0 aliphatic carbocycles. The van der Waals surface area contributed by atoms with Crippen molar-refractivity contribution < 1.29 is 17.9 Å². The van der Waals surface area contributed by atoms with Gasteiger partial charge in [0.05, 0.1) is 28.6 Å². The number of nitrogens with zero attached hydrogens (tertiary/aromatic N) is 2. The fourth-order valence-electron chi connectivity index (χ4n) is 3.08. The molecule has 0 spiro atoms. The highest BCUT2D eigenvalue weighted by molar-refractivity contribution is 7.92. The molecule has 3 aromatic rings. The molecule has 0 unspecified atom stereocenters. The van der Waals surface area contributed by atoms with Crippen LogP contribution in [0.3, 0.4) is 0 Å². The lowest BCUT2D eigenvalue weighted by Gasteiger charge is -2.22. The molecule has 0 saturated carbocycles. The van der Waals surface area contributed by atoms with Crippen LogP contribution in [0.25, 0.3) is 0 Å². The number of carbonyl (C=O) groups excluding carboxylic acids is 1. The first-order valence-electron chi connectivity index (χ1n) is 9.53. The lowest BCUT2D eigenvalue weighted by molar-refractivity contribution is 0.0754. The second-order valence-corrected chi connectivity index (χ2v) is 10.5. The van der Waals surface area contributed by atoms with E-state index in [0.29, 0.717) is 34.4 Å². The smallest absolute Gasteiger partial charge is 0.264 e. The summed E-state index contributed by atoms with van der Waals surface area (Å²) in [5, 5.41) is 0. The maximum absolute atomic E-state index is 13.1. The van der Waals surface area contributed by atoms with Crippen molar-refractivity contribution in [2.75, 3.05) is 25.0 Å². The molecule has 0 atom stereocenters.